The van der Waals surface area contributed by atoms with Crippen LogP contribution in [0.3, 0.4) is 0 Å². The van der Waals surface area contributed by atoms with Crippen LogP contribution in [-0.2, 0) is 11.3 Å². The molecule has 2 atom stereocenters. The molecule has 0 unspecified atom stereocenters. The van der Waals surface area contributed by atoms with E-state index in [0.29, 0.717) is 40.9 Å². The van der Waals surface area contributed by atoms with Crippen LogP contribution in [0.2, 0.25) is 0 Å². The highest BCUT2D eigenvalue weighted by Crippen LogP contribution is 2.39. The van der Waals surface area contributed by atoms with Crippen molar-refractivity contribution in [3.8, 4) is 5.75 Å². The van der Waals surface area contributed by atoms with Crippen LogP contribution < -0.4 is 4.74 Å². The smallest absolute Gasteiger partial charge is 0.410 e. The standard InChI is InChI=1S/C29H30BrF3N4O3/c1-29(2,3)40-28(38)37-15-18(32)11-25(37)20-10-17(31)6-7-26(20)39-9-5-4-8-36-16-35-24-14-34-23-13-22(33)21(30)12-19(23)27(24)36/h6-7,10,12-14,16,18,25H,4-5,8-9,11,15H2,1-3H3/t18-,25+/m0/s1. The maximum absolute atomic E-state index is 14.5. The molecule has 212 valence electrons. The van der Waals surface area contributed by atoms with Gasteiger partial charge in [0.05, 0.1) is 47.2 Å². The predicted octanol–water partition coefficient (Wildman–Crippen LogP) is 7.50. The van der Waals surface area contributed by atoms with Crippen LogP contribution in [0.1, 0.15) is 51.6 Å². The van der Waals surface area contributed by atoms with Gasteiger partial charge in [0.1, 0.15) is 34.7 Å². The van der Waals surface area contributed by atoms with Gasteiger partial charge < -0.3 is 14.0 Å². The highest BCUT2D eigenvalue weighted by molar-refractivity contribution is 9.10. The fourth-order valence-corrected chi connectivity index (χ4v) is 5.34. The second-order valence-electron chi connectivity index (χ2n) is 10.9. The topological polar surface area (TPSA) is 69.5 Å². The van der Waals surface area contributed by atoms with Crippen molar-refractivity contribution < 1.29 is 27.4 Å². The molecule has 0 saturated carbocycles. The number of hydrogen-bond acceptors (Lipinski definition) is 5. The van der Waals surface area contributed by atoms with Crippen molar-refractivity contribution in [1.82, 2.24) is 19.4 Å². The maximum atomic E-state index is 14.5. The lowest BCUT2D eigenvalue weighted by Crippen LogP contribution is -2.37. The fraction of sp³-hybridized carbons (Fsp3) is 0.414. The molecular formula is C29H30BrF3N4O3. The predicted molar refractivity (Wildman–Crippen MR) is 149 cm³/mol. The average Bonchev–Trinajstić information content (AvgIpc) is 3.48. The summed E-state index contributed by atoms with van der Waals surface area (Å²) < 4.78 is 56.6. The summed E-state index contributed by atoms with van der Waals surface area (Å²) in [4.78, 5) is 22.8. The molecule has 7 nitrogen and oxygen atoms in total. The summed E-state index contributed by atoms with van der Waals surface area (Å²) in [5.74, 6) is -0.461. The van der Waals surface area contributed by atoms with E-state index in [2.05, 4.69) is 25.9 Å². The lowest BCUT2D eigenvalue weighted by atomic mass is 10.0. The molecule has 0 N–H and O–H groups in total. The molecule has 0 radical (unpaired) electrons. The third kappa shape index (κ3) is 6.04. The number of hydrogen-bond donors (Lipinski definition) is 0. The SMILES string of the molecule is CC(C)(C)OC(=O)N1C[C@@H](F)C[C@@H]1c1cc(F)ccc1OCCCCn1cnc2cnc3cc(F)c(Br)cc3c21. The first-order valence-corrected chi connectivity index (χ1v) is 13.9. The summed E-state index contributed by atoms with van der Waals surface area (Å²) in [7, 11) is 0. The number of imidazole rings is 1. The normalized spacial score (nSPS) is 17.6. The van der Waals surface area contributed by atoms with Crippen molar-refractivity contribution in [3.05, 3.63) is 64.5 Å². The molecule has 1 fully saturated rings. The van der Waals surface area contributed by atoms with Gasteiger partial charge >= 0.3 is 6.09 Å². The van der Waals surface area contributed by atoms with Gasteiger partial charge in [-0.05, 0) is 73.8 Å². The second-order valence-corrected chi connectivity index (χ2v) is 11.8. The molecule has 0 spiro atoms. The van der Waals surface area contributed by atoms with E-state index >= 15 is 0 Å². The zero-order valence-corrected chi connectivity index (χ0v) is 24.1. The molecule has 11 heteroatoms. The van der Waals surface area contributed by atoms with E-state index < -0.39 is 29.7 Å². The highest BCUT2D eigenvalue weighted by atomic mass is 79.9. The number of carbonyl (C=O) groups excluding carboxylic acids is 1. The number of ether oxygens (including phenoxy) is 2. The number of unbranched alkanes of at least 4 members (excludes halogenated alkanes) is 1. The van der Waals surface area contributed by atoms with Crippen LogP contribution in [0.25, 0.3) is 21.9 Å². The number of alkyl halides is 1. The van der Waals surface area contributed by atoms with E-state index in [9.17, 15) is 18.0 Å². The zero-order chi connectivity index (χ0) is 28.6. The first kappa shape index (κ1) is 28.2. The number of pyridine rings is 1. The lowest BCUT2D eigenvalue weighted by Gasteiger charge is -2.29. The van der Waals surface area contributed by atoms with Crippen molar-refractivity contribution in [2.75, 3.05) is 13.2 Å². The Hall–Kier alpha value is -3.34. The first-order chi connectivity index (χ1) is 19.0. The average molecular weight is 619 g/mol. The Labute approximate surface area is 238 Å². The Kier molecular flexibility index (Phi) is 7.94. The molecule has 0 bridgehead atoms. The van der Waals surface area contributed by atoms with Gasteiger partial charge in [0.25, 0.3) is 0 Å². The van der Waals surface area contributed by atoms with Crippen molar-refractivity contribution in [1.29, 1.82) is 0 Å². The number of aromatic nitrogens is 3. The number of aryl methyl sites for hydroxylation is 1. The Bertz CT molecular complexity index is 1560. The Balaban J connectivity index is 1.26. The number of benzene rings is 2. The number of likely N-dealkylation sites (tertiary alicyclic amines) is 1. The molecule has 1 aliphatic heterocycles. The molecular weight excluding hydrogens is 589 g/mol. The van der Waals surface area contributed by atoms with Crippen molar-refractivity contribution >= 4 is 44.0 Å². The largest absolute Gasteiger partial charge is 0.493 e. The first-order valence-electron chi connectivity index (χ1n) is 13.1. The minimum absolute atomic E-state index is 0.0373. The van der Waals surface area contributed by atoms with E-state index in [1.165, 1.54) is 29.2 Å². The Morgan fingerprint density at radius 2 is 1.93 bits per heavy atom. The van der Waals surface area contributed by atoms with E-state index in [-0.39, 0.29) is 18.8 Å². The van der Waals surface area contributed by atoms with E-state index in [4.69, 9.17) is 9.47 Å². The number of rotatable bonds is 7. The molecule has 2 aromatic heterocycles. The maximum Gasteiger partial charge on any atom is 0.410 e. The molecule has 5 rings (SSSR count). The molecule has 2 aromatic carbocycles. The van der Waals surface area contributed by atoms with Gasteiger partial charge in [0.2, 0.25) is 0 Å². The quantitative estimate of drug-likeness (QED) is 0.201. The molecule has 1 amide bonds. The summed E-state index contributed by atoms with van der Waals surface area (Å²) in [6.45, 7) is 6.08. The molecule has 1 aliphatic rings. The van der Waals surface area contributed by atoms with Gasteiger partial charge in [0, 0.05) is 30.0 Å². The molecule has 3 heterocycles. The van der Waals surface area contributed by atoms with Crippen LogP contribution in [-0.4, -0.2) is 50.5 Å². The second kappa shape index (κ2) is 11.3. The lowest BCUT2D eigenvalue weighted by molar-refractivity contribution is 0.0214. The monoisotopic (exact) mass is 618 g/mol. The molecule has 4 aromatic rings. The van der Waals surface area contributed by atoms with Crippen LogP contribution in [0.4, 0.5) is 18.0 Å². The summed E-state index contributed by atoms with van der Waals surface area (Å²) in [5, 5.41) is 0.799. The minimum Gasteiger partial charge on any atom is -0.493 e. The van der Waals surface area contributed by atoms with Gasteiger partial charge in [-0.1, -0.05) is 0 Å². The number of halogens is 4. The van der Waals surface area contributed by atoms with Crippen LogP contribution >= 0.6 is 15.9 Å². The summed E-state index contributed by atoms with van der Waals surface area (Å²) in [6.07, 6.45) is 2.93. The van der Waals surface area contributed by atoms with Gasteiger partial charge in [-0.3, -0.25) is 9.88 Å². The van der Waals surface area contributed by atoms with Crippen LogP contribution in [0, 0.1) is 11.6 Å². The molecule has 40 heavy (non-hydrogen) atoms. The van der Waals surface area contributed by atoms with Gasteiger partial charge in [0.15, 0.2) is 0 Å². The summed E-state index contributed by atoms with van der Waals surface area (Å²) >= 11 is 3.25. The van der Waals surface area contributed by atoms with Gasteiger partial charge in [-0.25, -0.2) is 22.9 Å². The fourth-order valence-electron chi connectivity index (χ4n) is 5.00. The molecule has 0 aliphatic carbocycles. The third-order valence-electron chi connectivity index (χ3n) is 6.75. The van der Waals surface area contributed by atoms with Gasteiger partial charge in [-0.15, -0.1) is 0 Å². The Morgan fingerprint density at radius 3 is 2.70 bits per heavy atom. The van der Waals surface area contributed by atoms with Crippen molar-refractivity contribution in [2.45, 2.75) is 64.4 Å². The summed E-state index contributed by atoms with van der Waals surface area (Å²) in [6, 6.07) is 6.51. The zero-order valence-electron chi connectivity index (χ0n) is 22.5. The van der Waals surface area contributed by atoms with Crippen LogP contribution in [0.15, 0.2) is 47.3 Å². The van der Waals surface area contributed by atoms with E-state index in [0.717, 1.165) is 22.8 Å². The number of carbonyl (C=O) groups is 1. The van der Waals surface area contributed by atoms with Gasteiger partial charge in [-0.2, -0.15) is 0 Å². The third-order valence-corrected chi connectivity index (χ3v) is 7.35. The highest BCUT2D eigenvalue weighted by Gasteiger charge is 2.40. The van der Waals surface area contributed by atoms with E-state index in [1.807, 2.05) is 4.57 Å². The molecule has 1 saturated heterocycles. The Morgan fingerprint density at radius 1 is 1.12 bits per heavy atom. The number of fused-ring (bicyclic) bond motifs is 3. The van der Waals surface area contributed by atoms with E-state index in [1.54, 1.807) is 39.4 Å². The van der Waals surface area contributed by atoms with Crippen LogP contribution in [0.5, 0.6) is 5.75 Å². The summed E-state index contributed by atoms with van der Waals surface area (Å²) in [5.41, 5.74) is 1.81. The minimum atomic E-state index is -1.25. The number of nitrogens with zero attached hydrogens (tertiary/aromatic N) is 4. The van der Waals surface area contributed by atoms with Crippen molar-refractivity contribution in [3.63, 3.8) is 0 Å². The van der Waals surface area contributed by atoms with Crippen molar-refractivity contribution in [2.24, 2.45) is 0 Å². The number of amides is 1.